The minimum absolute atomic E-state index is 0.0398. The Morgan fingerprint density at radius 2 is 1.81 bits per heavy atom. The molecule has 0 aliphatic carbocycles. The quantitative estimate of drug-likeness (QED) is 0.482. The Morgan fingerprint density at radius 3 is 2.42 bits per heavy atom. The normalized spacial score (nSPS) is 15.5. The summed E-state index contributed by atoms with van der Waals surface area (Å²) in [5.41, 5.74) is 1.03. The molecule has 0 spiro atoms. The topological polar surface area (TPSA) is 68.9 Å². The summed E-state index contributed by atoms with van der Waals surface area (Å²) >= 11 is 0. The number of ether oxygens (including phenoxy) is 1. The monoisotopic (exact) mass is 446 g/mol. The van der Waals surface area contributed by atoms with Gasteiger partial charge in [0, 0.05) is 24.5 Å². The maximum Gasteiger partial charge on any atom is 0.192 e. The van der Waals surface area contributed by atoms with Gasteiger partial charge in [0.15, 0.2) is 13.7 Å². The summed E-state index contributed by atoms with van der Waals surface area (Å²) in [6.45, 7) is 13.9. The lowest BCUT2D eigenvalue weighted by atomic mass is 9.98. The van der Waals surface area contributed by atoms with Crippen molar-refractivity contribution < 1.29 is 18.7 Å². The highest BCUT2D eigenvalue weighted by atomic mass is 28.4. The Morgan fingerprint density at radius 1 is 1.13 bits per heavy atom. The molecule has 172 valence electrons. The molecule has 5 nitrogen and oxygen atoms in total. The van der Waals surface area contributed by atoms with E-state index in [0.717, 1.165) is 5.56 Å². The fourth-order valence-electron chi connectivity index (χ4n) is 3.08. The summed E-state index contributed by atoms with van der Waals surface area (Å²) in [7, 11) is -2.07. The highest BCUT2D eigenvalue weighted by Crippen LogP contribution is 2.38. The molecule has 0 amide bonds. The van der Waals surface area contributed by atoms with E-state index in [1.165, 1.54) is 18.4 Å². The molecule has 0 saturated heterocycles. The van der Waals surface area contributed by atoms with E-state index in [0.29, 0.717) is 31.8 Å². The van der Waals surface area contributed by atoms with Crippen LogP contribution in [0.25, 0.3) is 0 Å². The molecular weight excluding hydrogens is 408 g/mol. The second-order valence-corrected chi connectivity index (χ2v) is 14.7. The van der Waals surface area contributed by atoms with Crippen LogP contribution < -0.4 is 5.43 Å². The molecule has 2 rings (SSSR count). The van der Waals surface area contributed by atoms with Crippen molar-refractivity contribution >= 4 is 8.32 Å². The Bertz CT molecular complexity index is 841. The van der Waals surface area contributed by atoms with Crippen LogP contribution in [0.2, 0.25) is 18.1 Å². The van der Waals surface area contributed by atoms with E-state index in [9.17, 15) is 9.90 Å². The van der Waals surface area contributed by atoms with E-state index in [1.54, 1.807) is 0 Å². The lowest BCUT2D eigenvalue weighted by Gasteiger charge is -2.40. The van der Waals surface area contributed by atoms with E-state index >= 15 is 0 Å². The first-order chi connectivity index (χ1) is 14.5. The fourth-order valence-corrected chi connectivity index (χ4v) is 4.44. The number of rotatable bonds is 11. The summed E-state index contributed by atoms with van der Waals surface area (Å²) in [6.07, 6.45) is 1.51. The number of hydrogen-bond donors (Lipinski definition) is 1. The third-order valence-electron chi connectivity index (χ3n) is 6.10. The van der Waals surface area contributed by atoms with Crippen LogP contribution in [0.4, 0.5) is 0 Å². The van der Waals surface area contributed by atoms with Crippen molar-refractivity contribution in [3.8, 4) is 0 Å². The second-order valence-electron chi connectivity index (χ2n) is 9.92. The van der Waals surface area contributed by atoms with E-state index in [4.69, 9.17) is 13.6 Å². The van der Waals surface area contributed by atoms with Crippen molar-refractivity contribution in [2.24, 2.45) is 5.92 Å². The Hall–Kier alpha value is -1.73. The highest BCUT2D eigenvalue weighted by molar-refractivity contribution is 6.74. The van der Waals surface area contributed by atoms with Gasteiger partial charge >= 0.3 is 0 Å². The molecule has 0 bridgehead atoms. The number of aliphatic hydroxyl groups excluding tert-OH is 1. The zero-order chi connectivity index (χ0) is 23.1. The third kappa shape index (κ3) is 8.37. The Kier molecular flexibility index (Phi) is 9.24. The predicted octanol–water partition coefficient (Wildman–Crippen LogP) is 5.18. The molecule has 2 aromatic rings. The lowest BCUT2D eigenvalue weighted by molar-refractivity contribution is 0.00449. The molecule has 1 aromatic carbocycles. The molecule has 1 heterocycles. The summed E-state index contributed by atoms with van der Waals surface area (Å²) < 4.78 is 18.0. The van der Waals surface area contributed by atoms with Gasteiger partial charge in [0.05, 0.1) is 31.7 Å². The van der Waals surface area contributed by atoms with Crippen LogP contribution in [-0.4, -0.2) is 32.2 Å². The van der Waals surface area contributed by atoms with E-state index < -0.39 is 14.4 Å². The average molecular weight is 447 g/mol. The number of benzene rings is 1. The van der Waals surface area contributed by atoms with Crippen molar-refractivity contribution in [3.05, 3.63) is 70.3 Å². The average Bonchev–Trinajstić information content (AvgIpc) is 2.67. The van der Waals surface area contributed by atoms with Crippen LogP contribution in [0.5, 0.6) is 0 Å². The molecule has 1 unspecified atom stereocenters. The van der Waals surface area contributed by atoms with Crippen LogP contribution in [0.3, 0.4) is 0 Å². The standard InChI is InChI=1S/C25H38O5Si/c1-19(17-28-18-20-10-8-7-9-11-20)24(27)16-23(30-31(5,6)25(2,3)4)15-22-14-21(26)12-13-29-22/h7-14,19,23-24,27H,15-18H2,1-6H3/t19-,23?,24+/m0/s1. The van der Waals surface area contributed by atoms with Gasteiger partial charge in [-0.15, -0.1) is 0 Å². The maximum absolute atomic E-state index is 11.7. The van der Waals surface area contributed by atoms with Gasteiger partial charge in [-0.25, -0.2) is 0 Å². The van der Waals surface area contributed by atoms with Crippen LogP contribution in [0.15, 0.2) is 57.9 Å². The van der Waals surface area contributed by atoms with Gasteiger partial charge in [-0.1, -0.05) is 58.0 Å². The largest absolute Gasteiger partial charge is 0.469 e. The Balaban J connectivity index is 2.01. The highest BCUT2D eigenvalue weighted by Gasteiger charge is 2.40. The molecule has 1 aromatic heterocycles. The molecule has 6 heteroatoms. The SMILES string of the molecule is C[C@@H](COCc1ccccc1)[C@H](O)CC(Cc1cc(=O)cco1)O[Si](C)(C)C(C)(C)C. The molecule has 0 fully saturated rings. The van der Waals surface area contributed by atoms with Crippen molar-refractivity contribution in [1.82, 2.24) is 0 Å². The number of hydrogen-bond acceptors (Lipinski definition) is 5. The molecule has 3 atom stereocenters. The maximum atomic E-state index is 11.7. The van der Waals surface area contributed by atoms with Gasteiger partial charge in [0.25, 0.3) is 0 Å². The third-order valence-corrected chi connectivity index (χ3v) is 10.6. The molecule has 0 saturated carbocycles. The van der Waals surface area contributed by atoms with Crippen LogP contribution in [-0.2, 0) is 22.2 Å². The van der Waals surface area contributed by atoms with Gasteiger partial charge in [0.2, 0.25) is 0 Å². The first-order valence-electron chi connectivity index (χ1n) is 11.0. The Labute approximate surface area is 187 Å². The summed E-state index contributed by atoms with van der Waals surface area (Å²) in [4.78, 5) is 11.7. The minimum atomic E-state index is -2.07. The van der Waals surface area contributed by atoms with Crippen LogP contribution in [0.1, 0.15) is 45.4 Å². The second kappa shape index (κ2) is 11.2. The number of aliphatic hydroxyl groups is 1. The van der Waals surface area contributed by atoms with Crippen LogP contribution in [0, 0.1) is 5.92 Å². The minimum Gasteiger partial charge on any atom is -0.469 e. The summed E-state index contributed by atoms with van der Waals surface area (Å²) in [6, 6.07) is 12.9. The van der Waals surface area contributed by atoms with E-state index in [2.05, 4.69) is 33.9 Å². The first kappa shape index (κ1) is 25.5. The van der Waals surface area contributed by atoms with Crippen molar-refractivity contribution in [1.29, 1.82) is 0 Å². The molecule has 31 heavy (non-hydrogen) atoms. The fraction of sp³-hybridized carbons (Fsp3) is 0.560. The van der Waals surface area contributed by atoms with Crippen molar-refractivity contribution in [2.45, 2.75) is 77.5 Å². The van der Waals surface area contributed by atoms with Gasteiger partial charge < -0.3 is 18.7 Å². The van der Waals surface area contributed by atoms with Gasteiger partial charge in [-0.2, -0.15) is 0 Å². The molecule has 0 aliphatic heterocycles. The molecule has 0 aliphatic rings. The first-order valence-corrected chi connectivity index (χ1v) is 13.9. The van der Waals surface area contributed by atoms with E-state index in [-0.39, 0.29) is 22.5 Å². The summed E-state index contributed by atoms with van der Waals surface area (Å²) in [5, 5.41) is 10.9. The van der Waals surface area contributed by atoms with Gasteiger partial charge in [-0.3, -0.25) is 4.79 Å². The zero-order valence-electron chi connectivity index (χ0n) is 19.8. The van der Waals surface area contributed by atoms with E-state index in [1.807, 2.05) is 37.3 Å². The van der Waals surface area contributed by atoms with Gasteiger partial charge in [-0.05, 0) is 30.1 Å². The van der Waals surface area contributed by atoms with Crippen LogP contribution >= 0.6 is 0 Å². The van der Waals surface area contributed by atoms with Gasteiger partial charge in [0.1, 0.15) is 5.76 Å². The predicted molar refractivity (Wildman–Crippen MR) is 127 cm³/mol. The van der Waals surface area contributed by atoms with Crippen molar-refractivity contribution in [2.75, 3.05) is 6.61 Å². The smallest absolute Gasteiger partial charge is 0.192 e. The summed E-state index contributed by atoms with van der Waals surface area (Å²) in [5.74, 6) is 0.536. The lowest BCUT2D eigenvalue weighted by Crippen LogP contribution is -2.45. The molecule has 1 N–H and O–H groups in total. The van der Waals surface area contributed by atoms with Crippen molar-refractivity contribution in [3.63, 3.8) is 0 Å². The molecular formula is C25H38O5Si. The molecule has 0 radical (unpaired) electrons. The zero-order valence-corrected chi connectivity index (χ0v) is 20.8.